The Morgan fingerprint density at radius 3 is 1.89 bits per heavy atom. The van der Waals surface area contributed by atoms with E-state index < -0.39 is 20.0 Å². The van der Waals surface area contributed by atoms with Crippen molar-refractivity contribution in [2.45, 2.75) is 91.0 Å². The summed E-state index contributed by atoms with van der Waals surface area (Å²) in [6, 6.07) is 20.5. The molecule has 0 saturated carbocycles. The second-order valence-corrected chi connectivity index (χ2v) is 15.7. The highest BCUT2D eigenvalue weighted by Crippen LogP contribution is 2.38. The van der Waals surface area contributed by atoms with Gasteiger partial charge in [-0.15, -0.1) is 0 Å². The molecular weight excluding hydrogens is 494 g/mol. The number of ether oxygens (including phenoxy) is 2. The molecule has 0 radical (unpaired) electrons. The molecule has 6 nitrogen and oxygen atoms in total. The Hall–Kier alpha value is -2.90. The van der Waals surface area contributed by atoms with Crippen LogP contribution in [-0.4, -0.2) is 44.7 Å². The van der Waals surface area contributed by atoms with Crippen LogP contribution in [0.3, 0.4) is 0 Å². The maximum absolute atomic E-state index is 12.7. The molecule has 0 aromatic heterocycles. The Labute approximate surface area is 229 Å². The molecule has 2 aromatic carbocycles. The highest BCUT2D eigenvalue weighted by atomic mass is 28.4. The predicted octanol–water partition coefficient (Wildman–Crippen LogP) is 5.74. The van der Waals surface area contributed by atoms with Crippen molar-refractivity contribution < 1.29 is 23.5 Å². The van der Waals surface area contributed by atoms with Crippen LogP contribution in [-0.2, 0) is 18.7 Å². The van der Waals surface area contributed by atoms with Gasteiger partial charge in [-0.25, -0.2) is 9.59 Å². The molecule has 0 unspecified atom stereocenters. The van der Waals surface area contributed by atoms with Crippen LogP contribution in [0.4, 0.5) is 4.79 Å². The molecule has 1 N–H and O–H groups in total. The first-order chi connectivity index (χ1) is 17.8. The Balaban J connectivity index is 2.51. The van der Waals surface area contributed by atoms with Gasteiger partial charge < -0.3 is 19.2 Å². The topological polar surface area (TPSA) is 73.9 Å². The number of allylic oxidation sites excluding steroid dienone is 1. The van der Waals surface area contributed by atoms with E-state index >= 15 is 0 Å². The van der Waals surface area contributed by atoms with Gasteiger partial charge in [0.2, 0.25) is 0 Å². The summed E-state index contributed by atoms with van der Waals surface area (Å²) in [6.07, 6.45) is 3.61. The normalized spacial score (nSPS) is 14.1. The lowest BCUT2D eigenvalue weighted by atomic mass is 10.1. The number of esters is 1. The molecule has 0 spiro atoms. The molecule has 0 aliphatic rings. The lowest BCUT2D eigenvalue weighted by molar-refractivity contribution is -0.137. The number of alkyl carbamates (subject to hydrolysis) is 1. The predicted molar refractivity (Wildman–Crippen MR) is 156 cm³/mol. The van der Waals surface area contributed by atoms with Gasteiger partial charge >= 0.3 is 12.1 Å². The average Bonchev–Trinajstić information content (AvgIpc) is 2.83. The van der Waals surface area contributed by atoms with Crippen LogP contribution in [0.1, 0.15) is 68.2 Å². The van der Waals surface area contributed by atoms with Crippen molar-refractivity contribution in [3.8, 4) is 0 Å². The van der Waals surface area contributed by atoms with Crippen molar-refractivity contribution in [2.24, 2.45) is 0 Å². The first kappa shape index (κ1) is 31.3. The molecule has 0 fully saturated rings. The molecule has 2 atom stereocenters. The van der Waals surface area contributed by atoms with Crippen molar-refractivity contribution in [3.05, 3.63) is 72.8 Å². The molecule has 2 aromatic rings. The monoisotopic (exact) mass is 539 g/mol. The molecule has 0 bridgehead atoms. The summed E-state index contributed by atoms with van der Waals surface area (Å²) in [5.41, 5.74) is -0.611. The molecule has 0 saturated heterocycles. The van der Waals surface area contributed by atoms with E-state index in [4.69, 9.17) is 13.9 Å². The zero-order valence-corrected chi connectivity index (χ0v) is 25.2. The minimum absolute atomic E-state index is 0.222. The quantitative estimate of drug-likeness (QED) is 0.224. The largest absolute Gasteiger partial charge is 0.463 e. The summed E-state index contributed by atoms with van der Waals surface area (Å²) < 4.78 is 17.9. The molecule has 38 heavy (non-hydrogen) atoms. The number of carbonyl (C=O) groups excluding carboxylic acids is 2. The maximum atomic E-state index is 12.7. The summed E-state index contributed by atoms with van der Waals surface area (Å²) in [6.45, 7) is 16.3. The van der Waals surface area contributed by atoms with Gasteiger partial charge in [-0.1, -0.05) is 87.5 Å². The second kappa shape index (κ2) is 13.8. The first-order valence-corrected chi connectivity index (χ1v) is 15.3. The molecule has 1 amide bonds. The summed E-state index contributed by atoms with van der Waals surface area (Å²) in [5.74, 6) is -0.364. The van der Waals surface area contributed by atoms with E-state index in [-0.39, 0.29) is 23.2 Å². The number of rotatable bonds is 11. The Morgan fingerprint density at radius 2 is 1.45 bits per heavy atom. The maximum Gasteiger partial charge on any atom is 0.407 e. The molecule has 2 rings (SSSR count). The van der Waals surface area contributed by atoms with Crippen LogP contribution in [0.2, 0.25) is 5.04 Å². The van der Waals surface area contributed by atoms with Crippen molar-refractivity contribution in [3.63, 3.8) is 0 Å². The van der Waals surface area contributed by atoms with Crippen LogP contribution >= 0.6 is 0 Å². The molecule has 0 aliphatic carbocycles. The Bertz CT molecular complexity index is 1000. The third-order valence-corrected chi connectivity index (χ3v) is 11.3. The fraction of sp³-hybridized carbons (Fsp3) is 0.484. The number of hydrogen-bond donors (Lipinski definition) is 1. The second-order valence-electron chi connectivity index (χ2n) is 11.5. The van der Waals surface area contributed by atoms with Crippen molar-refractivity contribution >= 4 is 30.8 Å². The van der Waals surface area contributed by atoms with E-state index in [0.717, 1.165) is 10.4 Å². The van der Waals surface area contributed by atoms with Crippen molar-refractivity contribution in [1.29, 1.82) is 0 Å². The fourth-order valence-electron chi connectivity index (χ4n) is 4.55. The van der Waals surface area contributed by atoms with Gasteiger partial charge in [-0.05, 0) is 62.9 Å². The number of carbonyl (C=O) groups is 2. The fourth-order valence-corrected chi connectivity index (χ4v) is 9.34. The van der Waals surface area contributed by atoms with Gasteiger partial charge in [-0.3, -0.25) is 0 Å². The van der Waals surface area contributed by atoms with Gasteiger partial charge in [0.25, 0.3) is 8.32 Å². The van der Waals surface area contributed by atoms with Crippen LogP contribution < -0.4 is 15.7 Å². The first-order valence-electron chi connectivity index (χ1n) is 13.4. The highest BCUT2D eigenvalue weighted by Gasteiger charge is 2.52. The Morgan fingerprint density at radius 1 is 0.921 bits per heavy atom. The molecule has 0 heterocycles. The van der Waals surface area contributed by atoms with Gasteiger partial charge in [-0.2, -0.15) is 0 Å². The van der Waals surface area contributed by atoms with E-state index in [0.29, 0.717) is 19.4 Å². The number of benzene rings is 2. The van der Waals surface area contributed by atoms with Gasteiger partial charge in [0.1, 0.15) is 5.60 Å². The van der Waals surface area contributed by atoms with E-state index in [9.17, 15) is 9.59 Å². The highest BCUT2D eigenvalue weighted by molar-refractivity contribution is 6.99. The van der Waals surface area contributed by atoms with E-state index in [1.165, 1.54) is 6.08 Å². The van der Waals surface area contributed by atoms with E-state index in [2.05, 4.69) is 74.6 Å². The number of amides is 1. The molecule has 208 valence electrons. The van der Waals surface area contributed by atoms with E-state index in [1.807, 2.05) is 39.8 Å². The summed E-state index contributed by atoms with van der Waals surface area (Å²) in [7, 11) is -2.88. The minimum atomic E-state index is -2.88. The van der Waals surface area contributed by atoms with E-state index in [1.54, 1.807) is 13.0 Å². The lowest BCUT2D eigenvalue weighted by Gasteiger charge is -2.46. The van der Waals surface area contributed by atoms with Gasteiger partial charge in [0.15, 0.2) is 0 Å². The zero-order valence-electron chi connectivity index (χ0n) is 24.2. The third-order valence-electron chi connectivity index (χ3n) is 6.21. The third kappa shape index (κ3) is 8.84. The van der Waals surface area contributed by atoms with Gasteiger partial charge in [0, 0.05) is 6.08 Å². The Kier molecular flexibility index (Phi) is 11.3. The average molecular weight is 540 g/mol. The molecular formula is C31H45NO5Si. The standard InChI is InChI=1S/C31H45NO5Si/c1-9-35-28(33)23-17-16-22-27(24(2)32-29(34)36-30(3,4)5)37-38(31(6,7)8,25-18-12-10-13-19-25)26-20-14-11-15-21-26/h10-15,17-21,23-24,27H,9,16,22H2,1-8H3,(H,32,34)/b23-17+/t24-,27-/m0/s1. The SMILES string of the molecule is CCOC(=O)/C=C/CC[C@H](O[Si](c1ccccc1)(c1ccccc1)C(C)(C)C)[C@H](C)NC(=O)OC(C)(C)C. The number of nitrogens with one attached hydrogen (secondary N) is 1. The molecule has 0 aliphatic heterocycles. The zero-order chi connectivity index (χ0) is 28.4. The van der Waals surface area contributed by atoms with Crippen molar-refractivity contribution in [1.82, 2.24) is 5.32 Å². The summed E-state index contributed by atoms with van der Waals surface area (Å²) in [5, 5.41) is 5.11. The summed E-state index contributed by atoms with van der Waals surface area (Å²) >= 11 is 0. The van der Waals surface area contributed by atoms with Crippen LogP contribution in [0, 0.1) is 0 Å². The van der Waals surface area contributed by atoms with Crippen LogP contribution in [0.25, 0.3) is 0 Å². The smallest absolute Gasteiger partial charge is 0.407 e. The lowest BCUT2D eigenvalue weighted by Crippen LogP contribution is -2.69. The summed E-state index contributed by atoms with van der Waals surface area (Å²) in [4.78, 5) is 24.5. The van der Waals surface area contributed by atoms with Gasteiger partial charge in [0.05, 0.1) is 18.8 Å². The minimum Gasteiger partial charge on any atom is -0.463 e. The number of hydrogen-bond acceptors (Lipinski definition) is 5. The van der Waals surface area contributed by atoms with Crippen LogP contribution in [0.15, 0.2) is 72.8 Å². The van der Waals surface area contributed by atoms with Crippen LogP contribution in [0.5, 0.6) is 0 Å². The molecule has 7 heteroatoms. The van der Waals surface area contributed by atoms with Crippen molar-refractivity contribution in [2.75, 3.05) is 6.61 Å².